The molecule has 0 unspecified atom stereocenters. The van der Waals surface area contributed by atoms with E-state index in [4.69, 9.17) is 0 Å². The second-order valence-corrected chi connectivity index (χ2v) is 3.95. The van der Waals surface area contributed by atoms with Gasteiger partial charge in [0, 0.05) is 17.7 Å². The summed E-state index contributed by atoms with van der Waals surface area (Å²) < 4.78 is 0. The fourth-order valence-electron chi connectivity index (χ4n) is 1.09. The number of rotatable bonds is 0. The normalized spacial score (nSPS) is 36.9. The highest BCUT2D eigenvalue weighted by Crippen LogP contribution is 2.26. The molecular formula is C7H11BrO. The SMILES string of the molecule is C[C@H]1CCC(=O)C[C@H]1Br. The van der Waals surface area contributed by atoms with Crippen LogP contribution in [0.3, 0.4) is 0 Å². The van der Waals surface area contributed by atoms with E-state index in [0.717, 1.165) is 19.3 Å². The molecule has 0 bridgehead atoms. The highest BCUT2D eigenvalue weighted by atomic mass is 79.9. The molecule has 1 rings (SSSR count). The highest BCUT2D eigenvalue weighted by molar-refractivity contribution is 9.09. The van der Waals surface area contributed by atoms with Crippen LogP contribution in [0.4, 0.5) is 0 Å². The zero-order chi connectivity index (χ0) is 6.85. The molecule has 0 aromatic carbocycles. The topological polar surface area (TPSA) is 17.1 Å². The van der Waals surface area contributed by atoms with Crippen molar-refractivity contribution in [2.75, 3.05) is 0 Å². The van der Waals surface area contributed by atoms with Crippen molar-refractivity contribution in [3.63, 3.8) is 0 Å². The summed E-state index contributed by atoms with van der Waals surface area (Å²) in [5.74, 6) is 1.10. The Morgan fingerprint density at radius 3 is 2.78 bits per heavy atom. The van der Waals surface area contributed by atoms with Crippen molar-refractivity contribution in [2.45, 2.75) is 31.0 Å². The first-order chi connectivity index (χ1) is 4.20. The van der Waals surface area contributed by atoms with Gasteiger partial charge in [-0.05, 0) is 12.3 Å². The van der Waals surface area contributed by atoms with Gasteiger partial charge in [0.1, 0.15) is 5.78 Å². The maximum absolute atomic E-state index is 10.8. The molecule has 2 heteroatoms. The average molecular weight is 191 g/mol. The molecular weight excluding hydrogens is 180 g/mol. The van der Waals surface area contributed by atoms with Gasteiger partial charge in [-0.15, -0.1) is 0 Å². The largest absolute Gasteiger partial charge is 0.300 e. The molecule has 0 amide bonds. The van der Waals surface area contributed by atoms with Gasteiger partial charge in [-0.2, -0.15) is 0 Å². The second kappa shape index (κ2) is 2.82. The summed E-state index contributed by atoms with van der Waals surface area (Å²) in [5.41, 5.74) is 0. The second-order valence-electron chi connectivity index (χ2n) is 2.77. The Labute approximate surface area is 64.0 Å². The summed E-state index contributed by atoms with van der Waals surface area (Å²) in [7, 11) is 0. The number of hydrogen-bond acceptors (Lipinski definition) is 1. The Balaban J connectivity index is 2.44. The molecule has 0 N–H and O–H groups in total. The molecule has 9 heavy (non-hydrogen) atoms. The van der Waals surface area contributed by atoms with Crippen molar-refractivity contribution in [3.05, 3.63) is 0 Å². The van der Waals surface area contributed by atoms with Crippen LogP contribution in [0.25, 0.3) is 0 Å². The van der Waals surface area contributed by atoms with E-state index in [2.05, 4.69) is 22.9 Å². The fraction of sp³-hybridized carbons (Fsp3) is 0.857. The quantitative estimate of drug-likeness (QED) is 0.536. The number of Topliss-reactive ketones (excluding diaryl/α,β-unsaturated/α-hetero) is 1. The van der Waals surface area contributed by atoms with Gasteiger partial charge in [0.15, 0.2) is 0 Å². The number of carbonyl (C=O) groups excluding carboxylic acids is 1. The van der Waals surface area contributed by atoms with Gasteiger partial charge in [0.2, 0.25) is 0 Å². The highest BCUT2D eigenvalue weighted by Gasteiger charge is 2.23. The predicted molar refractivity (Wildman–Crippen MR) is 40.7 cm³/mol. The minimum atomic E-state index is 0.412. The van der Waals surface area contributed by atoms with Crippen LogP contribution in [0.1, 0.15) is 26.2 Å². The Kier molecular flexibility index (Phi) is 2.28. The number of ketones is 1. The third-order valence-corrected chi connectivity index (χ3v) is 3.14. The van der Waals surface area contributed by atoms with E-state index >= 15 is 0 Å². The molecule has 0 heterocycles. The van der Waals surface area contributed by atoms with Crippen LogP contribution < -0.4 is 0 Å². The summed E-state index contributed by atoms with van der Waals surface area (Å²) >= 11 is 3.47. The monoisotopic (exact) mass is 190 g/mol. The molecule has 1 fully saturated rings. The average Bonchev–Trinajstić information content (AvgIpc) is 1.80. The van der Waals surface area contributed by atoms with Gasteiger partial charge in [0.05, 0.1) is 0 Å². The van der Waals surface area contributed by atoms with Gasteiger partial charge >= 0.3 is 0 Å². The van der Waals surface area contributed by atoms with E-state index in [1.807, 2.05) is 0 Å². The smallest absolute Gasteiger partial charge is 0.134 e. The third-order valence-electron chi connectivity index (χ3n) is 1.92. The van der Waals surface area contributed by atoms with E-state index in [1.54, 1.807) is 0 Å². The maximum Gasteiger partial charge on any atom is 0.134 e. The number of hydrogen-bond donors (Lipinski definition) is 0. The number of carbonyl (C=O) groups is 1. The summed E-state index contributed by atoms with van der Waals surface area (Å²) in [5, 5.41) is 0. The zero-order valence-electron chi connectivity index (χ0n) is 5.56. The maximum atomic E-state index is 10.8. The van der Waals surface area contributed by atoms with Crippen molar-refractivity contribution < 1.29 is 4.79 Å². The fourth-order valence-corrected chi connectivity index (χ4v) is 1.72. The number of halogens is 1. The first kappa shape index (κ1) is 7.26. The molecule has 0 aromatic rings. The predicted octanol–water partition coefficient (Wildman–Crippen LogP) is 2.14. The van der Waals surface area contributed by atoms with Crippen molar-refractivity contribution >= 4 is 21.7 Å². The van der Waals surface area contributed by atoms with Crippen LogP contribution in [0, 0.1) is 5.92 Å². The molecule has 52 valence electrons. The zero-order valence-corrected chi connectivity index (χ0v) is 7.15. The first-order valence-corrected chi connectivity index (χ1v) is 4.27. The summed E-state index contributed by atoms with van der Waals surface area (Å²) in [4.78, 5) is 11.2. The Hall–Kier alpha value is 0.150. The molecule has 1 nitrogen and oxygen atoms in total. The van der Waals surface area contributed by atoms with E-state index < -0.39 is 0 Å². The van der Waals surface area contributed by atoms with Crippen molar-refractivity contribution in [1.29, 1.82) is 0 Å². The van der Waals surface area contributed by atoms with E-state index in [9.17, 15) is 4.79 Å². The van der Waals surface area contributed by atoms with Crippen LogP contribution in [0.15, 0.2) is 0 Å². The van der Waals surface area contributed by atoms with Crippen molar-refractivity contribution in [1.82, 2.24) is 0 Å². The lowest BCUT2D eigenvalue weighted by Crippen LogP contribution is -2.22. The molecule has 0 saturated heterocycles. The van der Waals surface area contributed by atoms with E-state index in [0.29, 0.717) is 16.5 Å². The molecule has 1 aliphatic rings. The molecule has 0 radical (unpaired) electrons. The Morgan fingerprint density at radius 2 is 2.33 bits per heavy atom. The molecule has 0 aliphatic heterocycles. The summed E-state index contributed by atoms with van der Waals surface area (Å²) in [6.07, 6.45) is 2.60. The third kappa shape index (κ3) is 1.78. The molecule has 0 aromatic heterocycles. The molecule has 2 atom stereocenters. The van der Waals surface area contributed by atoms with Crippen LogP contribution in [0.2, 0.25) is 0 Å². The van der Waals surface area contributed by atoms with Gasteiger partial charge < -0.3 is 0 Å². The van der Waals surface area contributed by atoms with Gasteiger partial charge in [-0.3, -0.25) is 4.79 Å². The Bertz CT molecular complexity index is 122. The van der Waals surface area contributed by atoms with Crippen molar-refractivity contribution in [3.8, 4) is 0 Å². The van der Waals surface area contributed by atoms with Crippen LogP contribution in [-0.4, -0.2) is 10.6 Å². The van der Waals surface area contributed by atoms with E-state index in [-0.39, 0.29) is 0 Å². The minimum Gasteiger partial charge on any atom is -0.300 e. The molecule has 0 spiro atoms. The summed E-state index contributed by atoms with van der Waals surface area (Å²) in [6, 6.07) is 0. The van der Waals surface area contributed by atoms with Gasteiger partial charge in [-0.1, -0.05) is 22.9 Å². The van der Waals surface area contributed by atoms with Crippen LogP contribution in [0.5, 0.6) is 0 Å². The lowest BCUT2D eigenvalue weighted by molar-refractivity contribution is -0.120. The van der Waals surface area contributed by atoms with Crippen molar-refractivity contribution in [2.24, 2.45) is 5.92 Å². The van der Waals surface area contributed by atoms with Crippen LogP contribution >= 0.6 is 15.9 Å². The van der Waals surface area contributed by atoms with Gasteiger partial charge in [-0.25, -0.2) is 0 Å². The molecule has 1 aliphatic carbocycles. The van der Waals surface area contributed by atoms with Gasteiger partial charge in [0.25, 0.3) is 0 Å². The minimum absolute atomic E-state index is 0.412. The van der Waals surface area contributed by atoms with Crippen LogP contribution in [-0.2, 0) is 4.79 Å². The standard InChI is InChI=1S/C7H11BrO/c1-5-2-3-6(9)4-7(5)8/h5,7H,2-4H2,1H3/t5-,7+/m0/s1. The number of alkyl halides is 1. The lowest BCUT2D eigenvalue weighted by Gasteiger charge is -2.22. The lowest BCUT2D eigenvalue weighted by atomic mass is 9.90. The Morgan fingerprint density at radius 1 is 1.67 bits per heavy atom. The van der Waals surface area contributed by atoms with E-state index in [1.165, 1.54) is 0 Å². The summed E-state index contributed by atoms with van der Waals surface area (Å²) in [6.45, 7) is 2.19. The first-order valence-electron chi connectivity index (χ1n) is 3.36. The molecule has 1 saturated carbocycles.